The number of pyridine rings is 1. The molecule has 3 aromatic rings. The lowest BCUT2D eigenvalue weighted by Gasteiger charge is -2.69. The number of nitrogens with zero attached hydrogens (tertiary/aromatic N) is 3. The van der Waals surface area contributed by atoms with Gasteiger partial charge in [0.2, 0.25) is 0 Å². The summed E-state index contributed by atoms with van der Waals surface area (Å²) in [5.74, 6) is -1.52. The van der Waals surface area contributed by atoms with Crippen molar-refractivity contribution in [1.82, 2.24) is 19.9 Å². The largest absolute Gasteiger partial charge is 0.573 e. The minimum atomic E-state index is -4.90. The Labute approximate surface area is 216 Å². The van der Waals surface area contributed by atoms with Gasteiger partial charge in [-0.1, -0.05) is 0 Å². The molecule has 1 aromatic carbocycles. The number of benzene rings is 1. The number of rotatable bonds is 4. The summed E-state index contributed by atoms with van der Waals surface area (Å²) in [6.45, 7) is 0.456. The van der Waals surface area contributed by atoms with Crippen molar-refractivity contribution >= 4 is 22.8 Å². The van der Waals surface area contributed by atoms with E-state index in [2.05, 4.69) is 19.7 Å². The minimum absolute atomic E-state index is 0.0221. The maximum atomic E-state index is 15.0. The zero-order valence-electron chi connectivity index (χ0n) is 20.2. The normalized spacial score (nSPS) is 25.4. The highest BCUT2D eigenvalue weighted by atomic mass is 19.4. The number of hydrogen-bond acceptors (Lipinski definition) is 5. The first-order valence-electron chi connectivity index (χ1n) is 12.3. The van der Waals surface area contributed by atoms with Gasteiger partial charge in [-0.2, -0.15) is 13.2 Å². The van der Waals surface area contributed by atoms with Gasteiger partial charge in [0, 0.05) is 35.8 Å². The minimum Gasteiger partial charge on any atom is -0.406 e. The smallest absolute Gasteiger partial charge is 0.406 e. The molecule has 0 radical (unpaired) electrons. The van der Waals surface area contributed by atoms with Gasteiger partial charge in [0.15, 0.2) is 5.65 Å². The number of halogens is 7. The number of ether oxygens (including phenoxy) is 1. The van der Waals surface area contributed by atoms with Crippen LogP contribution in [0.5, 0.6) is 5.75 Å². The number of H-pyrrole nitrogens is 1. The number of fused-ring (bicyclic) bond motifs is 1. The van der Waals surface area contributed by atoms with Crippen molar-refractivity contribution in [2.75, 3.05) is 18.8 Å². The predicted octanol–water partition coefficient (Wildman–Crippen LogP) is 5.58. The van der Waals surface area contributed by atoms with Crippen molar-refractivity contribution in [3.05, 3.63) is 47.2 Å². The van der Waals surface area contributed by atoms with Crippen molar-refractivity contribution < 1.29 is 40.3 Å². The first-order valence-corrected chi connectivity index (χ1v) is 12.3. The second-order valence-electron chi connectivity index (χ2n) is 10.8. The van der Waals surface area contributed by atoms with Crippen LogP contribution in [0.4, 0.5) is 36.4 Å². The number of carbonyl (C=O) groups excluding carboxylic acids is 1. The Morgan fingerprint density at radius 2 is 1.77 bits per heavy atom. The van der Waals surface area contributed by atoms with Crippen molar-refractivity contribution in [3.63, 3.8) is 0 Å². The third kappa shape index (κ3) is 4.06. The maximum absolute atomic E-state index is 15.0. The van der Waals surface area contributed by atoms with Gasteiger partial charge in [0.05, 0.1) is 22.7 Å². The van der Waals surface area contributed by atoms with Crippen molar-refractivity contribution in [2.45, 2.75) is 56.0 Å². The number of imidazole rings is 1. The number of aromatic nitrogens is 3. The van der Waals surface area contributed by atoms with Crippen LogP contribution >= 0.6 is 0 Å². The molecule has 0 unspecified atom stereocenters. The number of piperidine rings is 1. The monoisotopic (exact) mass is 557 g/mol. The van der Waals surface area contributed by atoms with E-state index >= 15 is 4.39 Å². The Morgan fingerprint density at radius 1 is 1.10 bits per heavy atom. The van der Waals surface area contributed by atoms with Crippen LogP contribution < -0.4 is 10.5 Å². The summed E-state index contributed by atoms with van der Waals surface area (Å²) in [5, 5.41) is 0. The van der Waals surface area contributed by atoms with E-state index in [1.807, 2.05) is 0 Å². The van der Waals surface area contributed by atoms with Gasteiger partial charge < -0.3 is 20.4 Å². The van der Waals surface area contributed by atoms with Gasteiger partial charge in [-0.25, -0.2) is 14.4 Å². The lowest BCUT2D eigenvalue weighted by atomic mass is 9.34. The van der Waals surface area contributed by atoms with E-state index in [1.165, 1.54) is 4.90 Å². The van der Waals surface area contributed by atoms with Gasteiger partial charge >= 0.3 is 12.5 Å². The molecule has 3 saturated carbocycles. The summed E-state index contributed by atoms with van der Waals surface area (Å²) in [6, 6.07) is 3.09. The molecule has 3 N–H and O–H groups in total. The number of nitrogen functional groups attached to an aromatic ring is 1. The molecular weight excluding hydrogens is 535 g/mol. The molecule has 4 aliphatic rings. The van der Waals surface area contributed by atoms with Crippen molar-refractivity contribution in [3.8, 4) is 5.75 Å². The highest BCUT2D eigenvalue weighted by Gasteiger charge is 2.79. The average molecular weight is 557 g/mol. The molecule has 4 fully saturated rings. The molecular formula is C25H22F7N5O2. The number of anilines is 1. The zero-order chi connectivity index (χ0) is 28.0. The second kappa shape index (κ2) is 8.21. The van der Waals surface area contributed by atoms with Crippen molar-refractivity contribution in [1.29, 1.82) is 0 Å². The molecule has 0 spiro atoms. The summed E-state index contributed by atoms with van der Waals surface area (Å²) < 4.78 is 96.1. The number of nitrogens with one attached hydrogen (secondary N) is 1. The molecule has 1 amide bonds. The first kappa shape index (κ1) is 25.7. The molecule has 14 heteroatoms. The number of amides is 1. The molecule has 1 aliphatic heterocycles. The van der Waals surface area contributed by atoms with E-state index in [0.717, 1.165) is 24.4 Å². The van der Waals surface area contributed by atoms with E-state index < -0.39 is 40.8 Å². The van der Waals surface area contributed by atoms with Crippen LogP contribution in [-0.4, -0.2) is 51.4 Å². The summed E-state index contributed by atoms with van der Waals surface area (Å²) >= 11 is 0. The molecule has 7 rings (SSSR count). The van der Waals surface area contributed by atoms with E-state index in [1.54, 1.807) is 0 Å². The van der Waals surface area contributed by atoms with Crippen LogP contribution in [0.2, 0.25) is 0 Å². The molecule has 3 aliphatic carbocycles. The fraction of sp³-hybridized carbons (Fsp3) is 0.480. The van der Waals surface area contributed by atoms with E-state index in [4.69, 9.17) is 5.73 Å². The van der Waals surface area contributed by atoms with Crippen LogP contribution in [0.15, 0.2) is 24.4 Å². The molecule has 0 atom stereocenters. The first-order chi connectivity index (χ1) is 18.2. The molecule has 1 saturated heterocycles. The zero-order valence-corrected chi connectivity index (χ0v) is 20.2. The van der Waals surface area contributed by atoms with E-state index in [9.17, 15) is 31.1 Å². The number of aromatic amines is 1. The fourth-order valence-corrected chi connectivity index (χ4v) is 6.42. The van der Waals surface area contributed by atoms with Crippen LogP contribution in [0.1, 0.15) is 59.8 Å². The van der Waals surface area contributed by atoms with Crippen LogP contribution in [0, 0.1) is 11.2 Å². The van der Waals surface area contributed by atoms with Gasteiger partial charge in [-0.15, -0.1) is 13.2 Å². The average Bonchev–Trinajstić information content (AvgIpc) is 3.18. The number of carbonyl (C=O) groups is 1. The van der Waals surface area contributed by atoms with Crippen molar-refractivity contribution in [2.24, 2.45) is 5.41 Å². The van der Waals surface area contributed by atoms with Gasteiger partial charge in [0.25, 0.3) is 5.91 Å². The summed E-state index contributed by atoms with van der Waals surface area (Å²) in [7, 11) is 0. The SMILES string of the molecule is Nc1cc(OC(F)(F)F)ccc1C(=O)N1CCC(c2c(F)cnc3nc(C45CC(C(F)(F)F)(C4)C5)[nH]c23)CC1. The number of hydrogen-bond donors (Lipinski definition) is 2. The lowest BCUT2D eigenvalue weighted by Crippen LogP contribution is -2.70. The van der Waals surface area contributed by atoms with E-state index in [0.29, 0.717) is 29.7 Å². The van der Waals surface area contributed by atoms with Gasteiger partial charge in [-0.3, -0.25) is 4.79 Å². The molecule has 2 bridgehead atoms. The highest BCUT2D eigenvalue weighted by Crippen LogP contribution is 2.78. The van der Waals surface area contributed by atoms with Gasteiger partial charge in [0.1, 0.15) is 17.4 Å². The topological polar surface area (TPSA) is 97.1 Å². The summed E-state index contributed by atoms with van der Waals surface area (Å²) in [5.41, 5.74) is 4.24. The Bertz CT molecular complexity index is 1450. The van der Waals surface area contributed by atoms with Crippen LogP contribution in [-0.2, 0) is 5.41 Å². The molecule has 3 heterocycles. The number of nitrogens with two attached hydrogens (primary N) is 1. The van der Waals surface area contributed by atoms with E-state index in [-0.39, 0.29) is 55.2 Å². The molecule has 2 aromatic heterocycles. The Hall–Kier alpha value is -3.58. The lowest BCUT2D eigenvalue weighted by molar-refractivity contribution is -0.338. The molecule has 7 nitrogen and oxygen atoms in total. The third-order valence-corrected chi connectivity index (χ3v) is 8.32. The summed E-state index contributed by atoms with van der Waals surface area (Å²) in [4.78, 5) is 26.0. The Kier molecular flexibility index (Phi) is 5.41. The molecule has 39 heavy (non-hydrogen) atoms. The van der Waals surface area contributed by atoms with Gasteiger partial charge in [-0.05, 0) is 50.2 Å². The summed E-state index contributed by atoms with van der Waals surface area (Å²) in [6.07, 6.45) is -7.51. The standard InChI is InChI=1S/C25H22F7N5O2/c26-15-8-34-19-18(35-21(36-19)22-9-23(10-22,11-22)24(27,28)29)17(15)12-3-5-37(6-4-12)20(38)14-2-1-13(7-16(14)33)39-25(30,31)32/h1-2,7-8,12H,3-6,9-11,33H2,(H,34,35,36). The number of likely N-dealkylation sites (tertiary alicyclic amines) is 1. The Balaban J connectivity index is 1.17. The third-order valence-electron chi connectivity index (χ3n) is 8.32. The Morgan fingerprint density at radius 3 is 2.36 bits per heavy atom. The molecule has 208 valence electrons. The quantitative estimate of drug-likeness (QED) is 0.323. The van der Waals surface area contributed by atoms with Crippen LogP contribution in [0.25, 0.3) is 11.2 Å². The van der Waals surface area contributed by atoms with Crippen LogP contribution in [0.3, 0.4) is 0 Å². The predicted molar refractivity (Wildman–Crippen MR) is 123 cm³/mol. The fourth-order valence-electron chi connectivity index (χ4n) is 6.42. The highest BCUT2D eigenvalue weighted by molar-refractivity contribution is 5.99. The maximum Gasteiger partial charge on any atom is 0.573 e. The number of alkyl halides is 6. The second-order valence-corrected chi connectivity index (χ2v) is 10.8.